The highest BCUT2D eigenvalue weighted by Crippen LogP contribution is 2.47. The summed E-state index contributed by atoms with van der Waals surface area (Å²) in [6.45, 7) is 5.28. The molecule has 7 heteroatoms. The van der Waals surface area contributed by atoms with Crippen LogP contribution in [-0.2, 0) is 4.74 Å². The van der Waals surface area contributed by atoms with Crippen LogP contribution in [0.1, 0.15) is 12.8 Å². The van der Waals surface area contributed by atoms with Crippen LogP contribution in [0, 0.1) is 29.4 Å². The summed E-state index contributed by atoms with van der Waals surface area (Å²) in [5.41, 5.74) is 0.465. The topological polar surface area (TPSA) is 50.3 Å². The van der Waals surface area contributed by atoms with Gasteiger partial charge < -0.3 is 15.0 Å². The Hall–Kier alpha value is -2.12. The molecule has 1 saturated carbocycles. The smallest absolute Gasteiger partial charge is 0.168 e. The van der Waals surface area contributed by atoms with Crippen molar-refractivity contribution in [1.82, 2.24) is 15.1 Å². The van der Waals surface area contributed by atoms with Gasteiger partial charge in [0.05, 0.1) is 5.69 Å². The van der Waals surface area contributed by atoms with E-state index in [1.165, 1.54) is 31.5 Å². The van der Waals surface area contributed by atoms with Crippen LogP contribution in [0.3, 0.4) is 0 Å². The summed E-state index contributed by atoms with van der Waals surface area (Å²) in [5.74, 6) is 1.04. The van der Waals surface area contributed by atoms with E-state index in [4.69, 9.17) is 4.74 Å². The summed E-state index contributed by atoms with van der Waals surface area (Å²) < 4.78 is 32.7. The molecule has 0 bridgehead atoms. The Morgan fingerprint density at radius 2 is 1.82 bits per heavy atom. The molecule has 3 aliphatic rings. The van der Waals surface area contributed by atoms with Crippen LogP contribution in [0.25, 0.3) is 11.3 Å². The van der Waals surface area contributed by atoms with Crippen molar-refractivity contribution in [3.8, 4) is 11.3 Å². The second kappa shape index (κ2) is 7.37. The summed E-state index contributed by atoms with van der Waals surface area (Å²) in [5, 5.41) is 11.7. The lowest BCUT2D eigenvalue weighted by Crippen LogP contribution is -2.34. The van der Waals surface area contributed by atoms with E-state index in [9.17, 15) is 8.78 Å². The van der Waals surface area contributed by atoms with Gasteiger partial charge in [-0.3, -0.25) is 0 Å². The van der Waals surface area contributed by atoms with Crippen LogP contribution >= 0.6 is 0 Å². The maximum atomic E-state index is 13.9. The average Bonchev–Trinajstić information content (AvgIpc) is 3.15. The minimum absolute atomic E-state index is 0.131. The molecule has 3 heterocycles. The number of likely N-dealkylation sites (tertiary alicyclic amines) is 1. The van der Waals surface area contributed by atoms with Crippen molar-refractivity contribution in [3.63, 3.8) is 0 Å². The highest BCUT2D eigenvalue weighted by molar-refractivity contribution is 5.60. The number of hydrogen-bond donors (Lipinski definition) is 1. The molecule has 1 aromatic heterocycles. The molecule has 2 saturated heterocycles. The minimum Gasteiger partial charge on any atom is -0.381 e. The number of halogens is 2. The van der Waals surface area contributed by atoms with E-state index in [1.807, 2.05) is 0 Å². The third kappa shape index (κ3) is 3.49. The molecular weight excluding hydrogens is 362 g/mol. The van der Waals surface area contributed by atoms with Crippen molar-refractivity contribution < 1.29 is 13.5 Å². The quantitative estimate of drug-likeness (QED) is 0.855. The van der Waals surface area contributed by atoms with Gasteiger partial charge in [-0.1, -0.05) is 6.07 Å². The number of anilines is 1. The van der Waals surface area contributed by atoms with Crippen LogP contribution in [-0.4, -0.2) is 54.0 Å². The highest BCUT2D eigenvalue weighted by atomic mass is 19.2. The highest BCUT2D eigenvalue weighted by Gasteiger charge is 2.55. The van der Waals surface area contributed by atoms with Crippen LogP contribution in [0.2, 0.25) is 0 Å². The second-order valence-corrected chi connectivity index (χ2v) is 8.18. The number of aromatic nitrogens is 2. The van der Waals surface area contributed by atoms with Crippen molar-refractivity contribution in [2.45, 2.75) is 18.9 Å². The first-order valence-corrected chi connectivity index (χ1v) is 10.0. The van der Waals surface area contributed by atoms with Gasteiger partial charge in [-0.25, -0.2) is 8.78 Å². The van der Waals surface area contributed by atoms with Crippen molar-refractivity contribution in [2.75, 3.05) is 38.2 Å². The summed E-state index contributed by atoms with van der Waals surface area (Å²) in [7, 11) is 0. The molecule has 0 radical (unpaired) electrons. The normalized spacial score (nSPS) is 27.6. The first kappa shape index (κ1) is 17.9. The molecule has 28 heavy (non-hydrogen) atoms. The molecule has 5 nitrogen and oxygen atoms in total. The van der Waals surface area contributed by atoms with E-state index < -0.39 is 11.6 Å². The second-order valence-electron chi connectivity index (χ2n) is 8.18. The summed E-state index contributed by atoms with van der Waals surface area (Å²) in [4.78, 5) is 2.59. The Morgan fingerprint density at radius 1 is 1.04 bits per heavy atom. The number of fused-ring (bicyclic) bond motifs is 1. The molecule has 2 aromatic rings. The van der Waals surface area contributed by atoms with E-state index >= 15 is 0 Å². The molecular formula is C21H24F2N4O. The number of nitrogens with one attached hydrogen (secondary N) is 1. The predicted molar refractivity (Wildman–Crippen MR) is 102 cm³/mol. The van der Waals surface area contributed by atoms with Gasteiger partial charge >= 0.3 is 0 Å². The predicted octanol–water partition coefficient (Wildman–Crippen LogP) is 3.19. The number of hydrogen-bond acceptors (Lipinski definition) is 5. The molecule has 3 fully saturated rings. The SMILES string of the molecule is Fc1cccc(-c2ccc(N[C@@H]3[C@@H]4CN(CC5CCOCC5)C[C@@H]43)nn2)c1F. The lowest BCUT2D eigenvalue weighted by atomic mass is 10.00. The van der Waals surface area contributed by atoms with Gasteiger partial charge in [-0.05, 0) is 54.9 Å². The number of rotatable bonds is 5. The maximum absolute atomic E-state index is 13.9. The third-order valence-electron chi connectivity index (χ3n) is 6.33. The fourth-order valence-electron chi connectivity index (χ4n) is 4.70. The number of piperidine rings is 1. The maximum Gasteiger partial charge on any atom is 0.168 e. The van der Waals surface area contributed by atoms with Gasteiger partial charge in [-0.15, -0.1) is 10.2 Å². The molecule has 0 unspecified atom stereocenters. The summed E-state index contributed by atoms with van der Waals surface area (Å²) in [6.07, 6.45) is 2.36. The van der Waals surface area contributed by atoms with Gasteiger partial charge in [0, 0.05) is 44.5 Å². The van der Waals surface area contributed by atoms with Gasteiger partial charge in [0.15, 0.2) is 11.6 Å². The monoisotopic (exact) mass is 386 g/mol. The molecule has 5 rings (SSSR count). The van der Waals surface area contributed by atoms with E-state index in [0.717, 1.165) is 38.3 Å². The Morgan fingerprint density at radius 3 is 2.54 bits per heavy atom. The van der Waals surface area contributed by atoms with E-state index in [1.54, 1.807) is 12.1 Å². The molecule has 1 aromatic carbocycles. The zero-order chi connectivity index (χ0) is 19.1. The molecule has 3 atom stereocenters. The number of benzene rings is 1. The third-order valence-corrected chi connectivity index (χ3v) is 6.33. The van der Waals surface area contributed by atoms with E-state index in [-0.39, 0.29) is 5.56 Å². The fraction of sp³-hybridized carbons (Fsp3) is 0.524. The van der Waals surface area contributed by atoms with Gasteiger partial charge in [0.2, 0.25) is 0 Å². The van der Waals surface area contributed by atoms with E-state index in [0.29, 0.717) is 29.4 Å². The lowest BCUT2D eigenvalue weighted by molar-refractivity contribution is 0.0540. The minimum atomic E-state index is -0.890. The average molecular weight is 386 g/mol. The summed E-state index contributed by atoms with van der Waals surface area (Å²) >= 11 is 0. The first-order valence-electron chi connectivity index (χ1n) is 10.0. The van der Waals surface area contributed by atoms with E-state index in [2.05, 4.69) is 20.4 Å². The molecule has 1 N–H and O–H groups in total. The van der Waals surface area contributed by atoms with Gasteiger partial charge in [-0.2, -0.15) is 0 Å². The molecule has 0 amide bonds. The molecule has 1 aliphatic carbocycles. The largest absolute Gasteiger partial charge is 0.381 e. The van der Waals surface area contributed by atoms with Crippen LogP contribution < -0.4 is 5.32 Å². The Bertz CT molecular complexity index is 829. The zero-order valence-corrected chi connectivity index (χ0v) is 15.7. The number of nitrogens with zero attached hydrogens (tertiary/aromatic N) is 3. The lowest BCUT2D eigenvalue weighted by Gasteiger charge is -2.28. The molecule has 148 valence electrons. The summed E-state index contributed by atoms with van der Waals surface area (Å²) in [6, 6.07) is 7.99. The van der Waals surface area contributed by atoms with Crippen molar-refractivity contribution in [3.05, 3.63) is 42.0 Å². The first-order chi connectivity index (χ1) is 13.7. The Kier molecular flexibility index (Phi) is 4.72. The van der Waals surface area contributed by atoms with Gasteiger partial charge in [0.1, 0.15) is 5.82 Å². The van der Waals surface area contributed by atoms with Crippen molar-refractivity contribution >= 4 is 5.82 Å². The van der Waals surface area contributed by atoms with Crippen molar-refractivity contribution in [1.29, 1.82) is 0 Å². The fourth-order valence-corrected chi connectivity index (χ4v) is 4.70. The Balaban J connectivity index is 1.15. The Labute approximate surface area is 163 Å². The van der Waals surface area contributed by atoms with Crippen LogP contribution in [0.4, 0.5) is 14.6 Å². The molecule has 2 aliphatic heterocycles. The van der Waals surface area contributed by atoms with Crippen LogP contribution in [0.15, 0.2) is 30.3 Å². The van der Waals surface area contributed by atoms with Gasteiger partial charge in [0.25, 0.3) is 0 Å². The zero-order valence-electron chi connectivity index (χ0n) is 15.7. The van der Waals surface area contributed by atoms with Crippen molar-refractivity contribution in [2.24, 2.45) is 17.8 Å². The molecule has 0 spiro atoms. The van der Waals surface area contributed by atoms with Crippen LogP contribution in [0.5, 0.6) is 0 Å². The standard InChI is InChI=1S/C21H24F2N4O/c22-17-3-1-2-14(20(17)23)18-4-5-19(26-25-18)24-21-15-11-27(12-16(15)21)10-13-6-8-28-9-7-13/h1-5,13,15-16,21H,6-12H2,(H,24,26)/t15-,16+,21-. The number of ether oxygens (including phenoxy) is 1.